The fourth-order valence-electron chi connectivity index (χ4n) is 1.40. The summed E-state index contributed by atoms with van der Waals surface area (Å²) in [5.41, 5.74) is 0. The second-order valence-electron chi connectivity index (χ2n) is 2.77. The van der Waals surface area contributed by atoms with Crippen LogP contribution in [0, 0.1) is 5.92 Å². The highest BCUT2D eigenvalue weighted by Crippen LogP contribution is 2.30. The smallest absolute Gasteiger partial charge is 0.162 e. The van der Waals surface area contributed by atoms with Crippen molar-refractivity contribution in [2.24, 2.45) is 10.9 Å². The summed E-state index contributed by atoms with van der Waals surface area (Å²) in [6.45, 7) is 0.695. The van der Waals surface area contributed by atoms with Crippen molar-refractivity contribution in [3.8, 4) is 0 Å². The van der Waals surface area contributed by atoms with E-state index in [9.17, 15) is 4.79 Å². The molecule has 0 saturated heterocycles. The Hall–Kier alpha value is -0.570. The Labute approximate surface area is 69.8 Å². The van der Waals surface area contributed by atoms with E-state index in [4.69, 9.17) is 0 Å². The van der Waals surface area contributed by atoms with Crippen molar-refractivity contribution >= 4 is 23.8 Å². The first-order valence-corrected chi connectivity index (χ1v) is 4.66. The lowest BCUT2D eigenvalue weighted by atomic mass is 9.96. The molecule has 0 amide bonds. The van der Waals surface area contributed by atoms with E-state index in [0.29, 0.717) is 11.8 Å². The standard InChI is InChI=1S/C8H9NOS/c10-7-2-4-11-8-1-3-9-5-6(7)8/h2-4,6,8H,1,5H2. The van der Waals surface area contributed by atoms with Gasteiger partial charge in [0.2, 0.25) is 0 Å². The minimum absolute atomic E-state index is 0.162. The molecule has 2 unspecified atom stereocenters. The average Bonchev–Trinajstić information content (AvgIpc) is 2.06. The molecular weight excluding hydrogens is 158 g/mol. The minimum Gasteiger partial charge on any atom is -0.297 e. The number of hydrogen-bond donors (Lipinski definition) is 0. The van der Waals surface area contributed by atoms with E-state index in [-0.39, 0.29) is 11.7 Å². The monoisotopic (exact) mass is 167 g/mol. The van der Waals surface area contributed by atoms with Gasteiger partial charge in [0.25, 0.3) is 0 Å². The molecule has 0 bridgehead atoms. The van der Waals surface area contributed by atoms with Gasteiger partial charge in [0.1, 0.15) is 0 Å². The summed E-state index contributed by atoms with van der Waals surface area (Å²) in [7, 11) is 0. The van der Waals surface area contributed by atoms with E-state index in [1.54, 1.807) is 17.8 Å². The van der Waals surface area contributed by atoms with E-state index in [0.717, 1.165) is 6.42 Å². The van der Waals surface area contributed by atoms with Crippen LogP contribution < -0.4 is 0 Å². The molecule has 0 saturated carbocycles. The number of carbonyl (C=O) groups excluding carboxylic acids is 1. The lowest BCUT2D eigenvalue weighted by Gasteiger charge is -2.26. The van der Waals surface area contributed by atoms with Crippen molar-refractivity contribution in [1.82, 2.24) is 0 Å². The van der Waals surface area contributed by atoms with Gasteiger partial charge in [-0.25, -0.2) is 0 Å². The molecular formula is C8H9NOS. The van der Waals surface area contributed by atoms with Crippen molar-refractivity contribution in [2.45, 2.75) is 11.7 Å². The largest absolute Gasteiger partial charge is 0.297 e. The summed E-state index contributed by atoms with van der Waals surface area (Å²) in [6.07, 6.45) is 4.55. The summed E-state index contributed by atoms with van der Waals surface area (Å²) in [5.74, 6) is 0.417. The molecule has 58 valence electrons. The van der Waals surface area contributed by atoms with Crippen LogP contribution in [-0.2, 0) is 4.79 Å². The molecule has 2 nitrogen and oxygen atoms in total. The summed E-state index contributed by atoms with van der Waals surface area (Å²) < 4.78 is 0. The van der Waals surface area contributed by atoms with Gasteiger partial charge in [-0.3, -0.25) is 9.79 Å². The molecule has 0 N–H and O–H groups in total. The van der Waals surface area contributed by atoms with Gasteiger partial charge in [0, 0.05) is 11.8 Å². The van der Waals surface area contributed by atoms with Gasteiger partial charge >= 0.3 is 0 Å². The molecule has 0 aromatic rings. The molecule has 2 aliphatic rings. The molecule has 0 aliphatic carbocycles. The number of hydrogen-bond acceptors (Lipinski definition) is 3. The molecule has 2 atom stereocenters. The quantitative estimate of drug-likeness (QED) is 0.544. The van der Waals surface area contributed by atoms with E-state index in [2.05, 4.69) is 4.99 Å². The van der Waals surface area contributed by atoms with Crippen LogP contribution in [0.1, 0.15) is 6.42 Å². The molecule has 0 radical (unpaired) electrons. The van der Waals surface area contributed by atoms with Gasteiger partial charge in [-0.1, -0.05) is 0 Å². The van der Waals surface area contributed by atoms with Gasteiger partial charge in [-0.05, 0) is 24.1 Å². The van der Waals surface area contributed by atoms with Gasteiger partial charge in [-0.2, -0.15) is 0 Å². The number of ketones is 1. The Morgan fingerprint density at radius 3 is 3.36 bits per heavy atom. The molecule has 0 fully saturated rings. The zero-order valence-corrected chi connectivity index (χ0v) is 6.88. The zero-order valence-electron chi connectivity index (χ0n) is 6.06. The fourth-order valence-corrected chi connectivity index (χ4v) is 2.42. The number of aliphatic imine (C=N–C) groups is 1. The normalized spacial score (nSPS) is 35.5. The van der Waals surface area contributed by atoms with Crippen LogP contribution >= 0.6 is 11.8 Å². The number of rotatable bonds is 0. The Morgan fingerprint density at radius 2 is 2.55 bits per heavy atom. The Bertz CT molecular complexity index is 234. The summed E-state index contributed by atoms with van der Waals surface area (Å²) in [6, 6.07) is 0. The number of fused-ring (bicyclic) bond motifs is 1. The maximum Gasteiger partial charge on any atom is 0.162 e. The van der Waals surface area contributed by atoms with Gasteiger partial charge in [-0.15, -0.1) is 11.8 Å². The van der Waals surface area contributed by atoms with Crippen molar-refractivity contribution in [2.75, 3.05) is 6.54 Å². The molecule has 3 heteroatoms. The third kappa shape index (κ3) is 1.25. The lowest BCUT2D eigenvalue weighted by molar-refractivity contribution is -0.118. The predicted molar refractivity (Wildman–Crippen MR) is 47.0 cm³/mol. The summed E-state index contributed by atoms with van der Waals surface area (Å²) >= 11 is 1.76. The number of carbonyl (C=O) groups is 1. The van der Waals surface area contributed by atoms with Crippen LogP contribution in [0.25, 0.3) is 0 Å². The van der Waals surface area contributed by atoms with Crippen molar-refractivity contribution < 1.29 is 4.79 Å². The number of thioether (sulfide) groups is 1. The molecule has 0 aromatic heterocycles. The highest BCUT2D eigenvalue weighted by Gasteiger charge is 2.30. The Morgan fingerprint density at radius 1 is 1.64 bits per heavy atom. The second-order valence-corrected chi connectivity index (χ2v) is 3.92. The second kappa shape index (κ2) is 2.81. The van der Waals surface area contributed by atoms with Crippen LogP contribution in [0.15, 0.2) is 16.5 Å². The lowest BCUT2D eigenvalue weighted by Crippen LogP contribution is -2.32. The van der Waals surface area contributed by atoms with Crippen molar-refractivity contribution in [3.63, 3.8) is 0 Å². The van der Waals surface area contributed by atoms with Crippen LogP contribution in [0.4, 0.5) is 0 Å². The van der Waals surface area contributed by atoms with Crippen LogP contribution in [0.2, 0.25) is 0 Å². The first-order chi connectivity index (χ1) is 5.38. The fraction of sp³-hybridized carbons (Fsp3) is 0.500. The van der Waals surface area contributed by atoms with Gasteiger partial charge in [0.05, 0.1) is 5.92 Å². The maximum atomic E-state index is 11.3. The predicted octanol–water partition coefficient (Wildman–Crippen LogP) is 1.28. The zero-order chi connectivity index (χ0) is 7.68. The van der Waals surface area contributed by atoms with Crippen LogP contribution in [0.3, 0.4) is 0 Å². The molecule has 0 spiro atoms. The maximum absolute atomic E-state index is 11.3. The molecule has 11 heavy (non-hydrogen) atoms. The van der Waals surface area contributed by atoms with Gasteiger partial charge in [0.15, 0.2) is 5.78 Å². The Kier molecular flexibility index (Phi) is 1.82. The molecule has 2 aliphatic heterocycles. The highest BCUT2D eigenvalue weighted by atomic mass is 32.2. The Balaban J connectivity index is 2.21. The third-order valence-electron chi connectivity index (χ3n) is 2.07. The average molecular weight is 167 g/mol. The van der Waals surface area contributed by atoms with E-state index >= 15 is 0 Å². The summed E-state index contributed by atoms with van der Waals surface area (Å²) in [5, 5.41) is 2.37. The van der Waals surface area contributed by atoms with E-state index in [1.807, 2.05) is 11.6 Å². The van der Waals surface area contributed by atoms with Gasteiger partial charge < -0.3 is 0 Å². The summed E-state index contributed by atoms with van der Waals surface area (Å²) in [4.78, 5) is 15.4. The third-order valence-corrected chi connectivity index (χ3v) is 3.23. The van der Waals surface area contributed by atoms with E-state index < -0.39 is 0 Å². The van der Waals surface area contributed by atoms with Crippen molar-refractivity contribution in [1.29, 1.82) is 0 Å². The minimum atomic E-state index is 0.162. The first kappa shape index (κ1) is 7.10. The molecule has 2 heterocycles. The van der Waals surface area contributed by atoms with Crippen molar-refractivity contribution in [3.05, 3.63) is 11.5 Å². The molecule has 0 aromatic carbocycles. The first-order valence-electron chi connectivity index (χ1n) is 3.72. The molecule has 2 rings (SSSR count). The SMILES string of the molecule is O=C1C=CSC2CC=NCC12. The topological polar surface area (TPSA) is 29.4 Å². The van der Waals surface area contributed by atoms with Crippen LogP contribution in [0.5, 0.6) is 0 Å². The number of nitrogens with zero attached hydrogens (tertiary/aromatic N) is 1. The number of allylic oxidation sites excluding steroid dienone is 1. The van der Waals surface area contributed by atoms with E-state index in [1.165, 1.54) is 0 Å². The highest BCUT2D eigenvalue weighted by molar-refractivity contribution is 8.02. The van der Waals surface area contributed by atoms with Crippen LogP contribution in [-0.4, -0.2) is 23.8 Å².